The van der Waals surface area contributed by atoms with Crippen LogP contribution in [0.15, 0.2) is 17.6 Å². The van der Waals surface area contributed by atoms with E-state index in [2.05, 4.69) is 17.0 Å². The van der Waals surface area contributed by atoms with Gasteiger partial charge in [-0.05, 0) is 0 Å². The predicted molar refractivity (Wildman–Crippen MR) is 44.3 cm³/mol. The third kappa shape index (κ3) is 2.80. The molecule has 1 heterocycles. The lowest BCUT2D eigenvalue weighted by atomic mass is 10.5. The van der Waals surface area contributed by atoms with E-state index in [9.17, 15) is 10.1 Å². The fraction of sp³-hybridized carbons (Fsp3) is 0.500. The van der Waals surface area contributed by atoms with Crippen molar-refractivity contribution >= 4 is 6.40 Å². The molecule has 13 heavy (non-hydrogen) atoms. The van der Waals surface area contributed by atoms with Gasteiger partial charge < -0.3 is 4.74 Å². The molecule has 70 valence electrons. The van der Waals surface area contributed by atoms with Crippen molar-refractivity contribution in [2.45, 2.75) is 6.29 Å². The third-order valence-corrected chi connectivity index (χ3v) is 1.40. The topological polar surface area (TPSA) is 82.1 Å². The number of hydrogen-bond donors (Lipinski definition) is 0. The molecule has 0 bridgehead atoms. The van der Waals surface area contributed by atoms with E-state index in [0.29, 0.717) is 6.54 Å². The summed E-state index contributed by atoms with van der Waals surface area (Å²) in [5.74, 6) is 0. The SMILES string of the molecule is C=CCN1COC=NC1[N+][N+](=O)[O-]. The first-order valence-electron chi connectivity index (χ1n) is 3.57. The van der Waals surface area contributed by atoms with Crippen LogP contribution in [0.5, 0.6) is 0 Å². The number of ether oxygens (including phenoxy) is 1. The Morgan fingerprint density at radius 2 is 2.77 bits per heavy atom. The summed E-state index contributed by atoms with van der Waals surface area (Å²) in [6, 6.07) is 0. The molecule has 1 aliphatic rings. The van der Waals surface area contributed by atoms with Gasteiger partial charge in [0.1, 0.15) is 6.73 Å². The van der Waals surface area contributed by atoms with E-state index in [1.54, 1.807) is 11.0 Å². The average molecular weight is 185 g/mol. The van der Waals surface area contributed by atoms with Gasteiger partial charge in [-0.15, -0.1) is 6.58 Å². The fourth-order valence-electron chi connectivity index (χ4n) is 0.887. The van der Waals surface area contributed by atoms with Crippen LogP contribution >= 0.6 is 0 Å². The van der Waals surface area contributed by atoms with Crippen molar-refractivity contribution in [3.05, 3.63) is 22.8 Å². The molecular weight excluding hydrogens is 176 g/mol. The summed E-state index contributed by atoms with van der Waals surface area (Å²) in [5, 5.41) is 9.33. The number of rotatable bonds is 4. The zero-order valence-corrected chi connectivity index (χ0v) is 6.87. The van der Waals surface area contributed by atoms with Crippen LogP contribution in [-0.2, 0) is 4.74 Å². The first kappa shape index (κ1) is 9.62. The molecule has 0 aromatic heterocycles. The first-order valence-corrected chi connectivity index (χ1v) is 3.57. The summed E-state index contributed by atoms with van der Waals surface area (Å²) in [4.78, 5) is 15.3. The van der Waals surface area contributed by atoms with E-state index in [1.165, 1.54) is 0 Å². The highest BCUT2D eigenvalue weighted by atomic mass is 16.7. The second-order valence-corrected chi connectivity index (χ2v) is 2.31. The van der Waals surface area contributed by atoms with Gasteiger partial charge >= 0.3 is 16.7 Å². The van der Waals surface area contributed by atoms with Gasteiger partial charge in [0.05, 0.1) is 0 Å². The summed E-state index contributed by atoms with van der Waals surface area (Å²) in [5.41, 5.74) is 3.16. The minimum absolute atomic E-state index is 0.234. The maximum absolute atomic E-state index is 10.1. The number of hydrogen-bond acceptors (Lipinski definition) is 5. The molecule has 1 rings (SSSR count). The van der Waals surface area contributed by atoms with Crippen molar-refractivity contribution in [2.24, 2.45) is 4.99 Å². The predicted octanol–water partition coefficient (Wildman–Crippen LogP) is -0.430. The molecular formula is C6H9N4O3+. The molecule has 0 saturated carbocycles. The molecule has 2 radical (unpaired) electrons. The first-order chi connectivity index (χ1) is 6.24. The molecule has 0 aromatic carbocycles. The number of nitro groups is 1. The fourth-order valence-corrected chi connectivity index (χ4v) is 0.887. The summed E-state index contributed by atoms with van der Waals surface area (Å²) >= 11 is 0. The molecule has 7 nitrogen and oxygen atoms in total. The van der Waals surface area contributed by atoms with Crippen molar-refractivity contribution in [2.75, 3.05) is 13.3 Å². The standard InChI is InChI=1S/C6H9N4O3/c1-2-3-9-5-13-4-7-6(9)8-10(11)12/h2,4,6H,1,3,5H2/q+1. The van der Waals surface area contributed by atoms with Gasteiger partial charge in [0.25, 0.3) is 0 Å². The molecule has 0 fully saturated rings. The van der Waals surface area contributed by atoms with Crippen molar-refractivity contribution < 1.29 is 9.77 Å². The van der Waals surface area contributed by atoms with Crippen LogP contribution in [0.3, 0.4) is 0 Å². The average Bonchev–Trinajstić information content (AvgIpc) is 2.08. The second kappa shape index (κ2) is 4.53. The van der Waals surface area contributed by atoms with Crippen molar-refractivity contribution in [3.63, 3.8) is 0 Å². The van der Waals surface area contributed by atoms with Crippen molar-refractivity contribution in [3.8, 4) is 0 Å². The van der Waals surface area contributed by atoms with Crippen LogP contribution in [0, 0.1) is 10.1 Å². The molecule has 0 N–H and O–H groups in total. The van der Waals surface area contributed by atoms with E-state index in [4.69, 9.17) is 4.74 Å². The highest BCUT2D eigenvalue weighted by molar-refractivity contribution is 5.47. The highest BCUT2D eigenvalue weighted by Crippen LogP contribution is 2.03. The van der Waals surface area contributed by atoms with E-state index in [-0.39, 0.29) is 6.73 Å². The van der Waals surface area contributed by atoms with Crippen LogP contribution in [0.2, 0.25) is 0 Å². The summed E-state index contributed by atoms with van der Waals surface area (Å²) in [6.07, 6.45) is 1.96. The van der Waals surface area contributed by atoms with Gasteiger partial charge in [0.15, 0.2) is 6.40 Å². The van der Waals surface area contributed by atoms with Crippen LogP contribution in [0.4, 0.5) is 0 Å². The second-order valence-electron chi connectivity index (χ2n) is 2.31. The number of nitrogens with zero attached hydrogens (tertiary/aromatic N) is 4. The van der Waals surface area contributed by atoms with Crippen molar-refractivity contribution in [1.82, 2.24) is 10.3 Å². The van der Waals surface area contributed by atoms with Gasteiger partial charge in [0.2, 0.25) is 0 Å². The molecule has 1 unspecified atom stereocenters. The van der Waals surface area contributed by atoms with E-state index in [1.807, 2.05) is 0 Å². The highest BCUT2D eigenvalue weighted by Gasteiger charge is 2.40. The Balaban J connectivity index is 2.54. The Bertz CT molecular complexity index is 230. The van der Waals surface area contributed by atoms with Gasteiger partial charge in [-0.3, -0.25) is 0 Å². The van der Waals surface area contributed by atoms with Crippen LogP contribution < -0.4 is 5.43 Å². The molecule has 0 aliphatic carbocycles. The smallest absolute Gasteiger partial charge is 0.467 e. The van der Waals surface area contributed by atoms with Gasteiger partial charge in [-0.2, -0.15) is 20.0 Å². The summed E-state index contributed by atoms with van der Waals surface area (Å²) in [6.45, 7) is 4.19. The minimum atomic E-state index is -0.804. The third-order valence-electron chi connectivity index (χ3n) is 1.40. The van der Waals surface area contributed by atoms with E-state index in [0.717, 1.165) is 6.40 Å². The lowest BCUT2D eigenvalue weighted by Crippen LogP contribution is -2.46. The van der Waals surface area contributed by atoms with Crippen LogP contribution in [0.1, 0.15) is 0 Å². The molecule has 0 spiro atoms. The molecule has 1 aliphatic heterocycles. The van der Waals surface area contributed by atoms with Crippen molar-refractivity contribution in [1.29, 1.82) is 0 Å². The Labute approximate surface area is 74.8 Å². The normalized spacial score (nSPS) is 22.3. The lowest BCUT2D eigenvalue weighted by molar-refractivity contribution is -0.562. The molecule has 0 amide bonds. The maximum atomic E-state index is 10.1. The van der Waals surface area contributed by atoms with Crippen LogP contribution in [0.25, 0.3) is 0 Å². The summed E-state index contributed by atoms with van der Waals surface area (Å²) < 4.78 is 4.85. The lowest BCUT2D eigenvalue weighted by Gasteiger charge is -2.18. The Morgan fingerprint density at radius 1 is 2.00 bits per heavy atom. The quantitative estimate of drug-likeness (QED) is 0.338. The molecule has 7 heteroatoms. The Kier molecular flexibility index (Phi) is 3.35. The summed E-state index contributed by atoms with van der Waals surface area (Å²) in [7, 11) is 0. The maximum Gasteiger partial charge on any atom is 0.488 e. The zero-order valence-electron chi connectivity index (χ0n) is 6.87. The Hall–Kier alpha value is -1.47. The monoisotopic (exact) mass is 185 g/mol. The van der Waals surface area contributed by atoms with Crippen LogP contribution in [-0.4, -0.2) is 35.9 Å². The van der Waals surface area contributed by atoms with Gasteiger partial charge in [-0.25, -0.2) is 0 Å². The zero-order chi connectivity index (χ0) is 9.68. The van der Waals surface area contributed by atoms with E-state index < -0.39 is 11.3 Å². The minimum Gasteiger partial charge on any atom is -0.467 e. The molecule has 0 aromatic rings. The Morgan fingerprint density at radius 3 is 3.38 bits per heavy atom. The van der Waals surface area contributed by atoms with Gasteiger partial charge in [-0.1, -0.05) is 6.08 Å². The molecule has 1 atom stereocenters. The largest absolute Gasteiger partial charge is 0.488 e. The van der Waals surface area contributed by atoms with E-state index >= 15 is 0 Å². The number of aliphatic imine (C=N–C) groups is 1. The van der Waals surface area contributed by atoms with Gasteiger partial charge in [0, 0.05) is 6.54 Å². The molecule has 0 saturated heterocycles.